The minimum atomic E-state index is -0.0151. The molecule has 1 aliphatic heterocycles. The van der Waals surface area contributed by atoms with Gasteiger partial charge in [0.15, 0.2) is 0 Å². The van der Waals surface area contributed by atoms with E-state index >= 15 is 0 Å². The highest BCUT2D eigenvalue weighted by Gasteiger charge is 2.19. The quantitative estimate of drug-likeness (QED) is 0.915. The van der Waals surface area contributed by atoms with Crippen molar-refractivity contribution in [2.24, 2.45) is 0 Å². The molecule has 2 aromatic carbocycles. The topological polar surface area (TPSA) is 41.1 Å². The van der Waals surface area contributed by atoms with Gasteiger partial charge in [0, 0.05) is 6.54 Å². The van der Waals surface area contributed by atoms with Crippen LogP contribution in [0.2, 0.25) is 0 Å². The Hall–Kier alpha value is -1.58. The third-order valence-corrected chi connectivity index (χ3v) is 3.96. The van der Waals surface area contributed by atoms with Crippen molar-refractivity contribution >= 4 is 29.1 Å². The Labute approximate surface area is 131 Å². The maximum absolute atomic E-state index is 12.1. The lowest BCUT2D eigenvalue weighted by Crippen LogP contribution is -2.46. The Morgan fingerprint density at radius 3 is 2.76 bits per heavy atom. The van der Waals surface area contributed by atoms with Crippen molar-refractivity contribution in [1.29, 1.82) is 0 Å². The molecule has 1 saturated heterocycles. The second-order valence-electron chi connectivity index (χ2n) is 5.36. The zero-order valence-electron chi connectivity index (χ0n) is 12.0. The van der Waals surface area contributed by atoms with E-state index in [9.17, 15) is 4.79 Å². The summed E-state index contributed by atoms with van der Waals surface area (Å²) in [6.45, 7) is 1.55. The van der Waals surface area contributed by atoms with Gasteiger partial charge in [-0.3, -0.25) is 4.79 Å². The molecule has 0 bridgehead atoms. The highest BCUT2D eigenvalue weighted by atomic mass is 35.5. The summed E-state index contributed by atoms with van der Waals surface area (Å²) in [5.41, 5.74) is 1.17. The van der Waals surface area contributed by atoms with Crippen LogP contribution in [0.4, 0.5) is 0 Å². The van der Waals surface area contributed by atoms with E-state index in [1.165, 1.54) is 22.8 Å². The molecular weight excluding hydrogens is 284 g/mol. The van der Waals surface area contributed by atoms with Crippen LogP contribution in [0.15, 0.2) is 42.5 Å². The van der Waals surface area contributed by atoms with Crippen LogP contribution in [-0.4, -0.2) is 18.5 Å². The Balaban J connectivity index is 0.00000161. The van der Waals surface area contributed by atoms with E-state index in [1.807, 2.05) is 18.2 Å². The third kappa shape index (κ3) is 3.74. The fraction of sp³-hybridized carbons (Fsp3) is 0.353. The van der Waals surface area contributed by atoms with Gasteiger partial charge in [0.25, 0.3) is 0 Å². The van der Waals surface area contributed by atoms with E-state index in [1.54, 1.807) is 0 Å². The SMILES string of the molecule is Cl.O=C(NCc1cccc2ccccc12)[C@H]1CCCCN1. The van der Waals surface area contributed by atoms with Crippen LogP contribution in [0, 0.1) is 0 Å². The number of halogens is 1. The first-order chi connectivity index (χ1) is 9.84. The smallest absolute Gasteiger partial charge is 0.237 e. The van der Waals surface area contributed by atoms with Gasteiger partial charge in [0.2, 0.25) is 5.91 Å². The molecule has 0 saturated carbocycles. The number of hydrogen-bond acceptors (Lipinski definition) is 2. The summed E-state index contributed by atoms with van der Waals surface area (Å²) in [5, 5.41) is 8.77. The molecule has 0 unspecified atom stereocenters. The average Bonchev–Trinajstić information content (AvgIpc) is 2.53. The molecule has 0 radical (unpaired) electrons. The number of carbonyl (C=O) groups excluding carboxylic acids is 1. The average molecular weight is 305 g/mol. The maximum Gasteiger partial charge on any atom is 0.237 e. The molecule has 21 heavy (non-hydrogen) atoms. The maximum atomic E-state index is 12.1. The van der Waals surface area contributed by atoms with Gasteiger partial charge in [-0.25, -0.2) is 0 Å². The van der Waals surface area contributed by atoms with E-state index in [-0.39, 0.29) is 24.4 Å². The summed E-state index contributed by atoms with van der Waals surface area (Å²) in [4.78, 5) is 12.1. The van der Waals surface area contributed by atoms with E-state index in [2.05, 4.69) is 34.9 Å². The van der Waals surface area contributed by atoms with E-state index in [0.29, 0.717) is 6.54 Å². The van der Waals surface area contributed by atoms with Crippen molar-refractivity contribution in [1.82, 2.24) is 10.6 Å². The number of rotatable bonds is 3. The predicted octanol–water partition coefficient (Wildman–Crippen LogP) is 3.02. The van der Waals surface area contributed by atoms with Gasteiger partial charge < -0.3 is 10.6 Å². The Bertz CT molecular complexity index is 603. The van der Waals surface area contributed by atoms with Crippen LogP contribution in [0.5, 0.6) is 0 Å². The minimum Gasteiger partial charge on any atom is -0.351 e. The highest BCUT2D eigenvalue weighted by molar-refractivity contribution is 5.87. The van der Waals surface area contributed by atoms with Crippen molar-refractivity contribution in [3.8, 4) is 0 Å². The molecule has 2 aromatic rings. The number of amides is 1. The van der Waals surface area contributed by atoms with E-state index < -0.39 is 0 Å². The summed E-state index contributed by atoms with van der Waals surface area (Å²) < 4.78 is 0. The lowest BCUT2D eigenvalue weighted by Gasteiger charge is -2.22. The molecule has 0 aromatic heterocycles. The fourth-order valence-electron chi connectivity index (χ4n) is 2.83. The van der Waals surface area contributed by atoms with Gasteiger partial charge in [-0.05, 0) is 35.7 Å². The van der Waals surface area contributed by atoms with Gasteiger partial charge in [-0.1, -0.05) is 48.9 Å². The van der Waals surface area contributed by atoms with Gasteiger partial charge in [0.05, 0.1) is 6.04 Å². The zero-order valence-corrected chi connectivity index (χ0v) is 12.8. The van der Waals surface area contributed by atoms with Gasteiger partial charge >= 0.3 is 0 Å². The third-order valence-electron chi connectivity index (χ3n) is 3.96. The van der Waals surface area contributed by atoms with Crippen LogP contribution < -0.4 is 10.6 Å². The number of benzene rings is 2. The second-order valence-corrected chi connectivity index (χ2v) is 5.36. The normalized spacial score (nSPS) is 18.0. The van der Waals surface area contributed by atoms with Crippen LogP contribution in [0.1, 0.15) is 24.8 Å². The molecule has 0 aliphatic carbocycles. The van der Waals surface area contributed by atoms with Gasteiger partial charge in [-0.2, -0.15) is 0 Å². The Morgan fingerprint density at radius 1 is 1.14 bits per heavy atom. The molecule has 2 N–H and O–H groups in total. The van der Waals surface area contributed by atoms with Crippen LogP contribution >= 0.6 is 12.4 Å². The van der Waals surface area contributed by atoms with Crippen molar-refractivity contribution in [2.45, 2.75) is 31.8 Å². The summed E-state index contributed by atoms with van der Waals surface area (Å²) in [6.07, 6.45) is 3.26. The number of nitrogens with one attached hydrogen (secondary N) is 2. The lowest BCUT2D eigenvalue weighted by molar-refractivity contribution is -0.123. The number of fused-ring (bicyclic) bond motifs is 1. The van der Waals surface area contributed by atoms with Crippen LogP contribution in [-0.2, 0) is 11.3 Å². The summed E-state index contributed by atoms with van der Waals surface area (Å²) in [7, 11) is 0. The largest absolute Gasteiger partial charge is 0.351 e. The van der Waals surface area contributed by atoms with Crippen LogP contribution in [0.25, 0.3) is 10.8 Å². The number of piperidine rings is 1. The lowest BCUT2D eigenvalue weighted by atomic mass is 10.0. The van der Waals surface area contributed by atoms with Crippen LogP contribution in [0.3, 0.4) is 0 Å². The predicted molar refractivity (Wildman–Crippen MR) is 88.7 cm³/mol. The minimum absolute atomic E-state index is 0. The van der Waals surface area contributed by atoms with Gasteiger partial charge in [-0.15, -0.1) is 12.4 Å². The molecular formula is C17H21ClN2O. The molecule has 1 aliphatic rings. The zero-order chi connectivity index (χ0) is 13.8. The monoisotopic (exact) mass is 304 g/mol. The van der Waals surface area contributed by atoms with Crippen molar-refractivity contribution < 1.29 is 4.79 Å². The summed E-state index contributed by atoms with van der Waals surface area (Å²) in [5.74, 6) is 0.123. The number of carbonyl (C=O) groups is 1. The first-order valence-corrected chi connectivity index (χ1v) is 7.32. The first-order valence-electron chi connectivity index (χ1n) is 7.32. The van der Waals surface area contributed by atoms with Crippen molar-refractivity contribution in [3.63, 3.8) is 0 Å². The van der Waals surface area contributed by atoms with E-state index in [0.717, 1.165) is 19.4 Å². The standard InChI is InChI=1S/C17H20N2O.ClH/c20-17(16-10-3-4-11-18-16)19-12-14-8-5-7-13-6-1-2-9-15(13)14;/h1-2,5-9,16,18H,3-4,10-12H2,(H,19,20);1H/t16-;/m1./s1. The summed E-state index contributed by atoms with van der Waals surface area (Å²) in [6, 6.07) is 14.5. The van der Waals surface area contributed by atoms with Gasteiger partial charge in [0.1, 0.15) is 0 Å². The van der Waals surface area contributed by atoms with Crippen molar-refractivity contribution in [3.05, 3.63) is 48.0 Å². The molecule has 1 atom stereocenters. The molecule has 112 valence electrons. The molecule has 3 rings (SSSR count). The van der Waals surface area contributed by atoms with E-state index in [4.69, 9.17) is 0 Å². The second kappa shape index (κ2) is 7.43. The molecule has 1 amide bonds. The molecule has 1 fully saturated rings. The molecule has 3 nitrogen and oxygen atoms in total. The fourth-order valence-corrected chi connectivity index (χ4v) is 2.83. The highest BCUT2D eigenvalue weighted by Crippen LogP contribution is 2.18. The molecule has 0 spiro atoms. The molecule has 4 heteroatoms. The Kier molecular flexibility index (Phi) is 5.59. The first kappa shape index (κ1) is 15.8. The Morgan fingerprint density at radius 2 is 1.95 bits per heavy atom. The van der Waals surface area contributed by atoms with Crippen molar-refractivity contribution in [2.75, 3.05) is 6.54 Å². The summed E-state index contributed by atoms with van der Waals surface area (Å²) >= 11 is 0. The molecule has 1 heterocycles. The number of hydrogen-bond donors (Lipinski definition) is 2.